The first-order valence-corrected chi connectivity index (χ1v) is 7.85. The molecule has 2 aromatic heterocycles. The number of H-pyrrole nitrogens is 1. The Morgan fingerprint density at radius 1 is 1.45 bits per heavy atom. The van der Waals surface area contributed by atoms with E-state index in [1.54, 1.807) is 6.92 Å². The summed E-state index contributed by atoms with van der Waals surface area (Å²) in [5, 5.41) is 10.0. The molecule has 0 aliphatic carbocycles. The molecule has 0 aliphatic rings. The summed E-state index contributed by atoms with van der Waals surface area (Å²) >= 11 is 1.48. The molecule has 0 saturated heterocycles. The van der Waals surface area contributed by atoms with Gasteiger partial charge in [-0.15, -0.1) is 0 Å². The molecule has 0 bridgehead atoms. The van der Waals surface area contributed by atoms with E-state index in [1.165, 1.54) is 22.7 Å². The molecule has 0 fully saturated rings. The zero-order valence-electron chi connectivity index (χ0n) is 12.5. The van der Waals surface area contributed by atoms with Crippen molar-refractivity contribution in [1.82, 2.24) is 30.0 Å². The summed E-state index contributed by atoms with van der Waals surface area (Å²) in [5.74, 6) is 0.608. The van der Waals surface area contributed by atoms with Gasteiger partial charge in [0.05, 0.1) is 0 Å². The van der Waals surface area contributed by atoms with E-state index < -0.39 is 0 Å². The van der Waals surface area contributed by atoms with Gasteiger partial charge in [0.15, 0.2) is 5.16 Å². The average molecular weight is 322 g/mol. The molecule has 0 aromatic carbocycles. The van der Waals surface area contributed by atoms with Crippen molar-refractivity contribution >= 4 is 17.7 Å². The number of rotatable bonds is 7. The third-order valence-corrected chi connectivity index (χ3v) is 3.84. The normalized spacial score (nSPS) is 10.6. The van der Waals surface area contributed by atoms with Crippen LogP contribution in [0.3, 0.4) is 0 Å². The number of carbonyl (C=O) groups is 1. The van der Waals surface area contributed by atoms with Crippen molar-refractivity contribution in [3.63, 3.8) is 0 Å². The predicted molar refractivity (Wildman–Crippen MR) is 82.7 cm³/mol. The van der Waals surface area contributed by atoms with Gasteiger partial charge in [-0.05, 0) is 19.9 Å². The van der Waals surface area contributed by atoms with Gasteiger partial charge in [0, 0.05) is 36.7 Å². The molecule has 2 heterocycles. The summed E-state index contributed by atoms with van der Waals surface area (Å²) in [7, 11) is 0. The van der Waals surface area contributed by atoms with E-state index >= 15 is 0 Å². The van der Waals surface area contributed by atoms with Crippen molar-refractivity contribution in [1.29, 1.82) is 0 Å². The summed E-state index contributed by atoms with van der Waals surface area (Å²) in [6.07, 6.45) is 1.69. The molecule has 0 saturated carbocycles. The Morgan fingerprint density at radius 2 is 2.27 bits per heavy atom. The number of thioether (sulfide) groups is 1. The fourth-order valence-electron chi connectivity index (χ4n) is 1.95. The molecule has 0 spiro atoms. The summed E-state index contributed by atoms with van der Waals surface area (Å²) in [6, 6.07) is 1.83. The number of carbonyl (C=O) groups excluding carboxylic acids is 1. The summed E-state index contributed by atoms with van der Waals surface area (Å²) in [5.41, 5.74) is 1.19. The third-order valence-electron chi connectivity index (χ3n) is 2.96. The maximum atomic E-state index is 11.8. The van der Waals surface area contributed by atoms with Crippen LogP contribution in [0.1, 0.15) is 17.8 Å². The number of nitrogens with zero attached hydrogens (tertiary/aromatic N) is 4. The van der Waals surface area contributed by atoms with E-state index in [2.05, 4.69) is 25.5 Å². The summed E-state index contributed by atoms with van der Waals surface area (Å²) < 4.78 is 1.51. The molecule has 1 amide bonds. The largest absolute Gasteiger partial charge is 0.355 e. The third kappa shape index (κ3) is 4.69. The van der Waals surface area contributed by atoms with Crippen molar-refractivity contribution < 1.29 is 4.79 Å². The van der Waals surface area contributed by atoms with E-state index in [9.17, 15) is 9.59 Å². The van der Waals surface area contributed by atoms with Crippen LogP contribution in [0.15, 0.2) is 22.3 Å². The number of aryl methyl sites for hydroxylation is 2. The Morgan fingerprint density at radius 3 is 2.95 bits per heavy atom. The van der Waals surface area contributed by atoms with Crippen molar-refractivity contribution in [3.05, 3.63) is 34.3 Å². The molecular formula is C13H18N6O2S. The Balaban J connectivity index is 1.73. The Hall–Kier alpha value is -2.16. The molecule has 0 unspecified atom stereocenters. The molecule has 8 nitrogen and oxygen atoms in total. The molecule has 9 heteroatoms. The van der Waals surface area contributed by atoms with Crippen LogP contribution < -0.4 is 11.0 Å². The summed E-state index contributed by atoms with van der Waals surface area (Å²) in [4.78, 5) is 31.4. The van der Waals surface area contributed by atoms with Crippen LogP contribution in [0, 0.1) is 13.8 Å². The molecule has 0 radical (unpaired) electrons. The SMILES string of the molecule is Cc1cc(C)n(CCC(=O)NCCSc2ncn[nH]2)c(=O)n1. The van der Waals surface area contributed by atoms with Crippen molar-refractivity contribution in [2.45, 2.75) is 32.0 Å². The van der Waals surface area contributed by atoms with Crippen LogP contribution in [-0.2, 0) is 11.3 Å². The first-order valence-electron chi connectivity index (χ1n) is 6.86. The van der Waals surface area contributed by atoms with Crippen LogP contribution in [-0.4, -0.2) is 42.9 Å². The average Bonchev–Trinajstić information content (AvgIpc) is 2.95. The van der Waals surface area contributed by atoms with Gasteiger partial charge in [-0.25, -0.2) is 9.78 Å². The fraction of sp³-hybridized carbons (Fsp3) is 0.462. The zero-order chi connectivity index (χ0) is 15.9. The van der Waals surface area contributed by atoms with Crippen molar-refractivity contribution in [2.75, 3.05) is 12.3 Å². The van der Waals surface area contributed by atoms with E-state index in [0.29, 0.717) is 24.5 Å². The van der Waals surface area contributed by atoms with E-state index in [4.69, 9.17) is 0 Å². The minimum absolute atomic E-state index is 0.0926. The number of amides is 1. The highest BCUT2D eigenvalue weighted by Gasteiger charge is 2.06. The van der Waals surface area contributed by atoms with Gasteiger partial charge in [-0.1, -0.05) is 11.8 Å². The second kappa shape index (κ2) is 7.74. The molecule has 2 rings (SSSR count). The fourth-order valence-corrected chi connectivity index (χ4v) is 2.59. The highest BCUT2D eigenvalue weighted by Crippen LogP contribution is 2.08. The molecule has 2 N–H and O–H groups in total. The van der Waals surface area contributed by atoms with Crippen LogP contribution in [0.25, 0.3) is 0 Å². The van der Waals surface area contributed by atoms with Crippen LogP contribution in [0.4, 0.5) is 0 Å². The van der Waals surface area contributed by atoms with Gasteiger partial charge in [0.1, 0.15) is 6.33 Å². The Kier molecular flexibility index (Phi) is 5.70. The Labute approximate surface area is 131 Å². The van der Waals surface area contributed by atoms with Crippen LogP contribution >= 0.6 is 11.8 Å². The van der Waals surface area contributed by atoms with Gasteiger partial charge >= 0.3 is 5.69 Å². The zero-order valence-corrected chi connectivity index (χ0v) is 13.3. The lowest BCUT2D eigenvalue weighted by Crippen LogP contribution is -2.30. The molecule has 22 heavy (non-hydrogen) atoms. The number of nitrogens with one attached hydrogen (secondary N) is 2. The maximum absolute atomic E-state index is 11.8. The molecular weight excluding hydrogens is 304 g/mol. The van der Waals surface area contributed by atoms with Gasteiger partial charge in [-0.2, -0.15) is 10.1 Å². The lowest BCUT2D eigenvalue weighted by atomic mass is 10.3. The van der Waals surface area contributed by atoms with Crippen LogP contribution in [0.5, 0.6) is 0 Å². The van der Waals surface area contributed by atoms with Gasteiger partial charge in [0.25, 0.3) is 0 Å². The van der Waals surface area contributed by atoms with E-state index in [0.717, 1.165) is 10.9 Å². The predicted octanol–water partition coefficient (Wildman–Crippen LogP) is 0.277. The number of aromatic amines is 1. The second-order valence-electron chi connectivity index (χ2n) is 4.71. The lowest BCUT2D eigenvalue weighted by molar-refractivity contribution is -0.121. The van der Waals surface area contributed by atoms with E-state index in [1.807, 2.05) is 13.0 Å². The topological polar surface area (TPSA) is 106 Å². The molecule has 2 aromatic rings. The highest BCUT2D eigenvalue weighted by molar-refractivity contribution is 7.99. The number of aromatic nitrogens is 5. The van der Waals surface area contributed by atoms with Gasteiger partial charge in [-0.3, -0.25) is 14.5 Å². The lowest BCUT2D eigenvalue weighted by Gasteiger charge is -2.09. The minimum atomic E-state index is -0.314. The Bertz CT molecular complexity index is 682. The smallest absolute Gasteiger partial charge is 0.347 e. The standard InChI is InChI=1S/C13H18N6O2S/c1-9-7-10(2)19(13(21)17-9)5-3-11(20)14-4-6-22-12-15-8-16-18-12/h7-8H,3-6H2,1-2H3,(H,14,20)(H,15,16,18). The van der Waals surface area contributed by atoms with Crippen LogP contribution in [0.2, 0.25) is 0 Å². The van der Waals surface area contributed by atoms with Gasteiger partial charge < -0.3 is 5.32 Å². The molecule has 0 atom stereocenters. The number of hydrogen-bond acceptors (Lipinski definition) is 6. The summed E-state index contributed by atoms with van der Waals surface area (Å²) in [6.45, 7) is 4.48. The highest BCUT2D eigenvalue weighted by atomic mass is 32.2. The first-order chi connectivity index (χ1) is 10.6. The van der Waals surface area contributed by atoms with Crippen molar-refractivity contribution in [2.24, 2.45) is 0 Å². The number of hydrogen-bond donors (Lipinski definition) is 2. The quantitative estimate of drug-likeness (QED) is 0.560. The van der Waals surface area contributed by atoms with E-state index in [-0.39, 0.29) is 18.0 Å². The molecule has 0 aliphatic heterocycles. The first kappa shape index (κ1) is 16.2. The minimum Gasteiger partial charge on any atom is -0.355 e. The van der Waals surface area contributed by atoms with Gasteiger partial charge in [0.2, 0.25) is 5.91 Å². The second-order valence-corrected chi connectivity index (χ2v) is 5.80. The maximum Gasteiger partial charge on any atom is 0.347 e. The van der Waals surface area contributed by atoms with Crippen molar-refractivity contribution in [3.8, 4) is 0 Å². The molecule has 118 valence electrons. The monoisotopic (exact) mass is 322 g/mol.